The van der Waals surface area contributed by atoms with Crippen LogP contribution in [-0.4, -0.2) is 44.7 Å². The maximum atomic E-state index is 11.4. The summed E-state index contributed by atoms with van der Waals surface area (Å²) in [5.74, 6) is 0. The zero-order valence-electron chi connectivity index (χ0n) is 11.3. The lowest BCUT2D eigenvalue weighted by molar-refractivity contribution is -0.000855. The van der Waals surface area contributed by atoms with Crippen molar-refractivity contribution in [1.82, 2.24) is 5.32 Å². The van der Waals surface area contributed by atoms with Gasteiger partial charge in [0, 0.05) is 19.3 Å². The molecule has 98 valence electrons. The second-order valence-corrected chi connectivity index (χ2v) is 8.32. The molecule has 0 aliphatic rings. The van der Waals surface area contributed by atoms with Crippen LogP contribution < -0.4 is 5.32 Å². The van der Waals surface area contributed by atoms with Gasteiger partial charge in [-0.25, -0.2) is 8.42 Å². The third kappa shape index (κ3) is 6.45. The van der Waals surface area contributed by atoms with E-state index in [0.717, 1.165) is 0 Å². The fourth-order valence-electron chi connectivity index (χ4n) is 0.950. The summed E-state index contributed by atoms with van der Waals surface area (Å²) >= 11 is 0. The standard InChI is InChI=1S/C11H25NO3S/c1-10(2,3)15-8-7-12-9-11(4,5)16(6,13)14/h12H,7-9H2,1-6H3. The first kappa shape index (κ1) is 15.9. The quantitative estimate of drug-likeness (QED) is 0.721. The van der Waals surface area contributed by atoms with Crippen LogP contribution in [0.1, 0.15) is 34.6 Å². The van der Waals surface area contributed by atoms with Gasteiger partial charge in [-0.1, -0.05) is 0 Å². The maximum Gasteiger partial charge on any atom is 0.153 e. The van der Waals surface area contributed by atoms with Crippen LogP contribution in [0.3, 0.4) is 0 Å². The van der Waals surface area contributed by atoms with E-state index in [1.165, 1.54) is 6.26 Å². The van der Waals surface area contributed by atoms with E-state index in [-0.39, 0.29) is 5.60 Å². The predicted molar refractivity (Wildman–Crippen MR) is 67.5 cm³/mol. The van der Waals surface area contributed by atoms with Crippen molar-refractivity contribution in [1.29, 1.82) is 0 Å². The van der Waals surface area contributed by atoms with Gasteiger partial charge in [0.25, 0.3) is 0 Å². The molecule has 16 heavy (non-hydrogen) atoms. The SMILES string of the molecule is CC(C)(C)OCCNCC(C)(C)S(C)(=O)=O. The lowest BCUT2D eigenvalue weighted by atomic mass is 10.2. The van der Waals surface area contributed by atoms with Crippen molar-refractivity contribution < 1.29 is 13.2 Å². The lowest BCUT2D eigenvalue weighted by Gasteiger charge is -2.24. The van der Waals surface area contributed by atoms with E-state index in [9.17, 15) is 8.42 Å². The van der Waals surface area contributed by atoms with Crippen LogP contribution in [0.15, 0.2) is 0 Å². The van der Waals surface area contributed by atoms with Gasteiger partial charge in [-0.15, -0.1) is 0 Å². The molecule has 5 heteroatoms. The van der Waals surface area contributed by atoms with Crippen molar-refractivity contribution in [3.8, 4) is 0 Å². The molecule has 0 saturated heterocycles. The zero-order chi connectivity index (χ0) is 13.0. The first-order chi connectivity index (χ1) is 6.96. The smallest absolute Gasteiger partial charge is 0.153 e. The van der Waals surface area contributed by atoms with Gasteiger partial charge in [-0.2, -0.15) is 0 Å². The van der Waals surface area contributed by atoms with Crippen LogP contribution in [0, 0.1) is 0 Å². The molecule has 0 heterocycles. The minimum Gasteiger partial charge on any atom is -0.375 e. The Kier molecular flexibility index (Phi) is 5.42. The highest BCUT2D eigenvalue weighted by Gasteiger charge is 2.29. The Balaban J connectivity index is 3.84. The molecule has 0 aromatic heterocycles. The largest absolute Gasteiger partial charge is 0.375 e. The third-order valence-electron chi connectivity index (χ3n) is 2.37. The van der Waals surface area contributed by atoms with Crippen LogP contribution >= 0.6 is 0 Å². The molecule has 0 amide bonds. The van der Waals surface area contributed by atoms with Crippen molar-refractivity contribution >= 4 is 9.84 Å². The topological polar surface area (TPSA) is 55.4 Å². The molecular formula is C11H25NO3S. The number of nitrogens with one attached hydrogen (secondary N) is 1. The molecule has 0 aliphatic heterocycles. The second-order valence-electron chi connectivity index (χ2n) is 5.67. The lowest BCUT2D eigenvalue weighted by Crippen LogP contribution is -2.42. The summed E-state index contributed by atoms with van der Waals surface area (Å²) in [6.07, 6.45) is 1.26. The van der Waals surface area contributed by atoms with E-state index in [1.54, 1.807) is 13.8 Å². The van der Waals surface area contributed by atoms with E-state index < -0.39 is 14.6 Å². The molecule has 0 rings (SSSR count). The molecule has 0 aliphatic carbocycles. The van der Waals surface area contributed by atoms with Gasteiger partial charge in [0.05, 0.1) is 17.0 Å². The summed E-state index contributed by atoms with van der Waals surface area (Å²) in [5, 5.41) is 3.10. The number of hydrogen-bond acceptors (Lipinski definition) is 4. The van der Waals surface area contributed by atoms with Gasteiger partial charge in [0.15, 0.2) is 9.84 Å². The first-order valence-corrected chi connectivity index (χ1v) is 7.39. The molecule has 0 bridgehead atoms. The Labute approximate surface area is 99.7 Å². The van der Waals surface area contributed by atoms with E-state index in [0.29, 0.717) is 19.7 Å². The summed E-state index contributed by atoms with van der Waals surface area (Å²) < 4.78 is 27.6. The number of hydrogen-bond donors (Lipinski definition) is 1. The number of rotatable bonds is 6. The molecule has 0 aromatic rings. The maximum absolute atomic E-state index is 11.4. The van der Waals surface area contributed by atoms with E-state index in [2.05, 4.69) is 5.32 Å². The van der Waals surface area contributed by atoms with E-state index >= 15 is 0 Å². The van der Waals surface area contributed by atoms with Crippen molar-refractivity contribution in [2.45, 2.75) is 45.0 Å². The average molecular weight is 251 g/mol. The van der Waals surface area contributed by atoms with Crippen LogP contribution in [0.25, 0.3) is 0 Å². The predicted octanol–water partition coefficient (Wildman–Crippen LogP) is 1.21. The van der Waals surface area contributed by atoms with Crippen LogP contribution in [0.5, 0.6) is 0 Å². The van der Waals surface area contributed by atoms with Gasteiger partial charge in [-0.3, -0.25) is 0 Å². The van der Waals surface area contributed by atoms with Gasteiger partial charge in [0.1, 0.15) is 0 Å². The molecule has 4 nitrogen and oxygen atoms in total. The van der Waals surface area contributed by atoms with Gasteiger partial charge in [0.2, 0.25) is 0 Å². The summed E-state index contributed by atoms with van der Waals surface area (Å²) in [7, 11) is -3.02. The molecule has 0 fully saturated rings. The summed E-state index contributed by atoms with van der Waals surface area (Å²) in [6.45, 7) is 11.1. The van der Waals surface area contributed by atoms with Crippen LogP contribution in [0.4, 0.5) is 0 Å². The number of ether oxygens (including phenoxy) is 1. The fraction of sp³-hybridized carbons (Fsp3) is 1.00. The highest BCUT2D eigenvalue weighted by Crippen LogP contribution is 2.13. The molecule has 0 spiro atoms. The van der Waals surface area contributed by atoms with Crippen molar-refractivity contribution in [2.24, 2.45) is 0 Å². The highest BCUT2D eigenvalue weighted by molar-refractivity contribution is 7.92. The molecule has 0 atom stereocenters. The molecule has 0 unspecified atom stereocenters. The Bertz CT molecular complexity index is 302. The zero-order valence-corrected chi connectivity index (χ0v) is 12.1. The van der Waals surface area contributed by atoms with Crippen LogP contribution in [0.2, 0.25) is 0 Å². The Hall–Kier alpha value is -0.130. The van der Waals surface area contributed by atoms with Gasteiger partial charge >= 0.3 is 0 Å². The summed E-state index contributed by atoms with van der Waals surface area (Å²) in [4.78, 5) is 0. The Morgan fingerprint density at radius 3 is 2.00 bits per heavy atom. The average Bonchev–Trinajstić information content (AvgIpc) is 1.98. The molecule has 0 aromatic carbocycles. The highest BCUT2D eigenvalue weighted by atomic mass is 32.2. The van der Waals surface area contributed by atoms with Gasteiger partial charge < -0.3 is 10.1 Å². The molecule has 1 N–H and O–H groups in total. The Morgan fingerprint density at radius 1 is 1.12 bits per heavy atom. The molecule has 0 radical (unpaired) electrons. The van der Waals surface area contributed by atoms with Crippen molar-refractivity contribution in [3.63, 3.8) is 0 Å². The third-order valence-corrected chi connectivity index (χ3v) is 4.52. The monoisotopic (exact) mass is 251 g/mol. The van der Waals surface area contributed by atoms with Gasteiger partial charge in [-0.05, 0) is 34.6 Å². The van der Waals surface area contributed by atoms with E-state index in [1.807, 2.05) is 20.8 Å². The first-order valence-electron chi connectivity index (χ1n) is 5.50. The number of sulfone groups is 1. The van der Waals surface area contributed by atoms with Crippen molar-refractivity contribution in [2.75, 3.05) is 26.0 Å². The van der Waals surface area contributed by atoms with Crippen LogP contribution in [-0.2, 0) is 14.6 Å². The normalized spacial score (nSPS) is 14.1. The minimum atomic E-state index is -3.02. The molecular weight excluding hydrogens is 226 g/mol. The summed E-state index contributed by atoms with van der Waals surface area (Å²) in [6, 6.07) is 0. The minimum absolute atomic E-state index is 0.145. The summed E-state index contributed by atoms with van der Waals surface area (Å²) in [5.41, 5.74) is -0.145. The van der Waals surface area contributed by atoms with E-state index in [4.69, 9.17) is 4.74 Å². The fourth-order valence-corrected chi connectivity index (χ4v) is 1.31. The second kappa shape index (κ2) is 5.47. The van der Waals surface area contributed by atoms with Crippen molar-refractivity contribution in [3.05, 3.63) is 0 Å². The molecule has 0 saturated carbocycles. The Morgan fingerprint density at radius 2 is 1.62 bits per heavy atom.